The van der Waals surface area contributed by atoms with Crippen LogP contribution in [-0.2, 0) is 4.74 Å². The number of fused-ring (bicyclic) bond motifs is 1. The number of likely N-dealkylation sites (tertiary alicyclic amines) is 1. The molecule has 4 rings (SSSR count). The van der Waals surface area contributed by atoms with Crippen LogP contribution in [-0.4, -0.2) is 67.7 Å². The molecular formula is C25H30N2O4. The molecular weight excluding hydrogens is 392 g/mol. The first-order valence-corrected chi connectivity index (χ1v) is 10.7. The lowest BCUT2D eigenvalue weighted by atomic mass is 10.0. The van der Waals surface area contributed by atoms with E-state index in [1.54, 1.807) is 26.6 Å². The third-order valence-electron chi connectivity index (χ3n) is 5.91. The number of β-amino-alcohol motifs (C(OH)–C–C–N with tert-alkyl or cyclic N) is 1. The van der Waals surface area contributed by atoms with Gasteiger partial charge in [0.1, 0.15) is 24.2 Å². The van der Waals surface area contributed by atoms with E-state index in [9.17, 15) is 5.11 Å². The van der Waals surface area contributed by atoms with E-state index in [4.69, 9.17) is 14.2 Å². The van der Waals surface area contributed by atoms with E-state index in [-0.39, 0.29) is 6.61 Å². The van der Waals surface area contributed by atoms with E-state index in [1.165, 1.54) is 0 Å². The fourth-order valence-electron chi connectivity index (χ4n) is 4.13. The molecule has 6 nitrogen and oxygen atoms in total. The van der Waals surface area contributed by atoms with Crippen LogP contribution >= 0.6 is 0 Å². The number of aliphatic hydroxyl groups is 1. The Labute approximate surface area is 183 Å². The van der Waals surface area contributed by atoms with Crippen LogP contribution in [0.2, 0.25) is 0 Å². The summed E-state index contributed by atoms with van der Waals surface area (Å²) in [5.41, 5.74) is 2.09. The van der Waals surface area contributed by atoms with E-state index < -0.39 is 6.10 Å². The molecule has 3 aromatic rings. The Morgan fingerprint density at radius 3 is 2.61 bits per heavy atom. The highest BCUT2D eigenvalue weighted by molar-refractivity contribution is 5.89. The van der Waals surface area contributed by atoms with E-state index in [0.29, 0.717) is 12.6 Å². The normalized spacial score (nSPS) is 16.4. The number of rotatable bonds is 8. The number of ether oxygens (including phenoxy) is 3. The maximum atomic E-state index is 10.4. The van der Waals surface area contributed by atoms with Gasteiger partial charge in [0.2, 0.25) is 0 Å². The van der Waals surface area contributed by atoms with Gasteiger partial charge in [0.25, 0.3) is 0 Å². The molecule has 0 amide bonds. The van der Waals surface area contributed by atoms with Gasteiger partial charge in [0.15, 0.2) is 0 Å². The number of pyridine rings is 1. The van der Waals surface area contributed by atoms with Gasteiger partial charge in [-0.3, -0.25) is 4.98 Å². The molecule has 2 aromatic carbocycles. The molecule has 0 aliphatic carbocycles. The summed E-state index contributed by atoms with van der Waals surface area (Å²) in [5, 5.41) is 12.6. The SMILES string of the molecule is COc1cnccc1-c1ccc2cc(OCC(O)CN3CCC(OC)CC3)ccc2c1. The van der Waals surface area contributed by atoms with Gasteiger partial charge in [-0.2, -0.15) is 0 Å². The quantitative estimate of drug-likeness (QED) is 0.596. The number of benzene rings is 2. The molecule has 1 saturated heterocycles. The van der Waals surface area contributed by atoms with E-state index in [0.717, 1.165) is 59.3 Å². The zero-order valence-corrected chi connectivity index (χ0v) is 18.2. The maximum Gasteiger partial charge on any atom is 0.144 e. The van der Waals surface area contributed by atoms with Gasteiger partial charge in [-0.15, -0.1) is 0 Å². The molecule has 1 fully saturated rings. The van der Waals surface area contributed by atoms with Crippen molar-refractivity contribution < 1.29 is 19.3 Å². The average Bonchev–Trinajstić information content (AvgIpc) is 2.82. The van der Waals surface area contributed by atoms with Crippen LogP contribution < -0.4 is 9.47 Å². The van der Waals surface area contributed by atoms with Gasteiger partial charge >= 0.3 is 0 Å². The number of methoxy groups -OCH3 is 2. The average molecular weight is 423 g/mol. The monoisotopic (exact) mass is 422 g/mol. The Morgan fingerprint density at radius 1 is 1.06 bits per heavy atom. The summed E-state index contributed by atoms with van der Waals surface area (Å²) in [5.74, 6) is 1.51. The van der Waals surface area contributed by atoms with Gasteiger partial charge in [0, 0.05) is 38.5 Å². The van der Waals surface area contributed by atoms with Crippen molar-refractivity contribution in [2.24, 2.45) is 0 Å². The van der Waals surface area contributed by atoms with Gasteiger partial charge in [-0.25, -0.2) is 0 Å². The fraction of sp³-hybridized carbons (Fsp3) is 0.400. The summed E-state index contributed by atoms with van der Waals surface area (Å²) in [6.45, 7) is 2.81. The van der Waals surface area contributed by atoms with Crippen molar-refractivity contribution >= 4 is 10.8 Å². The largest absolute Gasteiger partial charge is 0.494 e. The predicted molar refractivity (Wildman–Crippen MR) is 122 cm³/mol. The summed E-state index contributed by atoms with van der Waals surface area (Å²) < 4.78 is 16.7. The van der Waals surface area contributed by atoms with Gasteiger partial charge in [-0.1, -0.05) is 18.2 Å². The molecule has 164 valence electrons. The second-order valence-electron chi connectivity index (χ2n) is 8.00. The Bertz CT molecular complexity index is 1000. The molecule has 1 aliphatic rings. The number of hydrogen-bond acceptors (Lipinski definition) is 6. The maximum absolute atomic E-state index is 10.4. The lowest BCUT2D eigenvalue weighted by Gasteiger charge is -2.32. The minimum absolute atomic E-state index is 0.280. The van der Waals surface area contributed by atoms with Crippen molar-refractivity contribution in [1.29, 1.82) is 0 Å². The molecule has 0 radical (unpaired) electrons. The standard InChI is InChI=1S/C25H30N2O4/c1-29-22-8-11-27(12-9-22)16-21(28)17-31-23-6-5-18-13-20(4-3-19(18)14-23)24-7-10-26-15-25(24)30-2/h3-7,10,13-15,21-22,28H,8-9,11-12,16-17H2,1-2H3. The Hall–Kier alpha value is -2.67. The van der Waals surface area contributed by atoms with Crippen molar-refractivity contribution in [3.63, 3.8) is 0 Å². The number of piperidine rings is 1. The van der Waals surface area contributed by atoms with Crippen molar-refractivity contribution in [2.45, 2.75) is 25.0 Å². The van der Waals surface area contributed by atoms with Crippen LogP contribution in [0, 0.1) is 0 Å². The highest BCUT2D eigenvalue weighted by Crippen LogP contribution is 2.32. The predicted octanol–water partition coefficient (Wildman–Crippen LogP) is 3.76. The lowest BCUT2D eigenvalue weighted by Crippen LogP contribution is -2.42. The third-order valence-corrected chi connectivity index (χ3v) is 5.91. The van der Waals surface area contributed by atoms with Crippen LogP contribution in [0.4, 0.5) is 0 Å². The zero-order valence-electron chi connectivity index (χ0n) is 18.2. The van der Waals surface area contributed by atoms with Crippen LogP contribution in [0.25, 0.3) is 21.9 Å². The van der Waals surface area contributed by atoms with Gasteiger partial charge < -0.3 is 24.2 Å². The minimum atomic E-state index is -0.517. The highest BCUT2D eigenvalue weighted by Gasteiger charge is 2.20. The first kappa shape index (κ1) is 21.6. The number of hydrogen-bond donors (Lipinski definition) is 1. The molecule has 2 heterocycles. The summed E-state index contributed by atoms with van der Waals surface area (Å²) in [6.07, 6.45) is 5.36. The van der Waals surface area contributed by atoms with Crippen LogP contribution in [0.3, 0.4) is 0 Å². The van der Waals surface area contributed by atoms with Crippen LogP contribution in [0.1, 0.15) is 12.8 Å². The lowest BCUT2D eigenvalue weighted by molar-refractivity contribution is 0.0153. The Balaban J connectivity index is 1.37. The second-order valence-corrected chi connectivity index (χ2v) is 8.00. The van der Waals surface area contributed by atoms with Crippen LogP contribution in [0.15, 0.2) is 54.9 Å². The highest BCUT2D eigenvalue weighted by atomic mass is 16.5. The van der Waals surface area contributed by atoms with Gasteiger partial charge in [-0.05, 0) is 53.4 Å². The number of nitrogens with zero attached hydrogens (tertiary/aromatic N) is 2. The topological polar surface area (TPSA) is 64.0 Å². The second kappa shape index (κ2) is 10.1. The van der Waals surface area contributed by atoms with Crippen molar-refractivity contribution in [1.82, 2.24) is 9.88 Å². The first-order valence-electron chi connectivity index (χ1n) is 10.7. The molecule has 31 heavy (non-hydrogen) atoms. The Morgan fingerprint density at radius 2 is 1.84 bits per heavy atom. The molecule has 0 bridgehead atoms. The first-order chi connectivity index (χ1) is 15.2. The molecule has 1 atom stereocenters. The number of aliphatic hydroxyl groups excluding tert-OH is 1. The summed E-state index contributed by atoms with van der Waals surface area (Å²) in [4.78, 5) is 6.40. The van der Waals surface area contributed by atoms with Crippen molar-refractivity contribution in [3.05, 3.63) is 54.9 Å². The van der Waals surface area contributed by atoms with Crippen LogP contribution in [0.5, 0.6) is 11.5 Å². The zero-order chi connectivity index (χ0) is 21.6. The van der Waals surface area contributed by atoms with Crippen molar-refractivity contribution in [2.75, 3.05) is 40.5 Å². The molecule has 1 aliphatic heterocycles. The van der Waals surface area contributed by atoms with Crippen molar-refractivity contribution in [3.8, 4) is 22.6 Å². The van der Waals surface area contributed by atoms with E-state index in [2.05, 4.69) is 28.1 Å². The summed E-state index contributed by atoms with van der Waals surface area (Å²) >= 11 is 0. The molecule has 1 N–H and O–H groups in total. The molecule has 0 spiro atoms. The van der Waals surface area contributed by atoms with E-state index in [1.807, 2.05) is 24.3 Å². The fourth-order valence-corrected chi connectivity index (χ4v) is 4.13. The summed E-state index contributed by atoms with van der Waals surface area (Å²) in [6, 6.07) is 14.2. The molecule has 6 heteroatoms. The Kier molecular flexibility index (Phi) is 7.02. The van der Waals surface area contributed by atoms with Gasteiger partial charge in [0.05, 0.1) is 19.4 Å². The molecule has 1 aromatic heterocycles. The molecule has 0 saturated carbocycles. The van der Waals surface area contributed by atoms with E-state index >= 15 is 0 Å². The molecule has 1 unspecified atom stereocenters. The minimum Gasteiger partial charge on any atom is -0.494 e. The summed E-state index contributed by atoms with van der Waals surface area (Å²) in [7, 11) is 3.42. The third kappa shape index (κ3) is 5.34. The smallest absolute Gasteiger partial charge is 0.144 e. The number of aromatic nitrogens is 1.